The van der Waals surface area contributed by atoms with Gasteiger partial charge in [-0.3, -0.25) is 15.3 Å². The number of nitrogens with zero attached hydrogens (tertiary/aromatic N) is 1. The highest BCUT2D eigenvalue weighted by molar-refractivity contribution is 8.77. The first kappa shape index (κ1) is 39.2. The second-order valence-electron chi connectivity index (χ2n) is 18.2. The smallest absolute Gasteiger partial charge is 0.334 e. The lowest BCUT2D eigenvalue weighted by atomic mass is 9.56. The summed E-state index contributed by atoms with van der Waals surface area (Å²) >= 11 is 0. The minimum absolute atomic E-state index is 0.0734. The molecule has 0 aromatic rings. The van der Waals surface area contributed by atoms with E-state index in [1.54, 1.807) is 0 Å². The van der Waals surface area contributed by atoms with Gasteiger partial charge in [-0.1, -0.05) is 39.3 Å². The Kier molecular flexibility index (Phi) is 11.3. The number of fused-ring (bicyclic) bond motifs is 6. The van der Waals surface area contributed by atoms with Crippen LogP contribution in [0, 0.1) is 41.4 Å². The maximum Gasteiger partial charge on any atom is 0.334 e. The predicted molar refractivity (Wildman–Crippen MR) is 208 cm³/mol. The van der Waals surface area contributed by atoms with Crippen LogP contribution in [0.15, 0.2) is 23.3 Å². The van der Waals surface area contributed by atoms with Gasteiger partial charge in [-0.25, -0.2) is 4.79 Å². The highest BCUT2D eigenvalue weighted by atomic mass is 33.1. The molecule has 13 heteroatoms. The van der Waals surface area contributed by atoms with Crippen molar-refractivity contribution < 1.29 is 44.3 Å². The lowest BCUT2D eigenvalue weighted by molar-refractivity contribution is -0.706. The quantitative estimate of drug-likeness (QED) is 0.136. The van der Waals surface area contributed by atoms with Gasteiger partial charge in [-0.2, -0.15) is 0 Å². The van der Waals surface area contributed by atoms with Crippen LogP contribution in [0.1, 0.15) is 91.4 Å². The molecule has 2 saturated carbocycles. The van der Waals surface area contributed by atoms with Crippen LogP contribution in [-0.4, -0.2) is 107 Å². The van der Waals surface area contributed by atoms with Crippen LogP contribution >= 0.6 is 21.6 Å². The topological polar surface area (TPSA) is 162 Å². The Morgan fingerprint density at radius 2 is 2.00 bits per heavy atom. The Balaban J connectivity index is 1.17. The van der Waals surface area contributed by atoms with Crippen molar-refractivity contribution in [2.75, 3.05) is 32.5 Å². The first-order valence-corrected chi connectivity index (χ1v) is 23.4. The molecular formula is C41H64N4O7S2+2. The van der Waals surface area contributed by atoms with Crippen LogP contribution in [0.25, 0.3) is 0 Å². The van der Waals surface area contributed by atoms with Gasteiger partial charge in [0.15, 0.2) is 0 Å². The van der Waals surface area contributed by atoms with E-state index in [0.717, 1.165) is 50.9 Å². The summed E-state index contributed by atoms with van der Waals surface area (Å²) in [4.78, 5) is 43.6. The van der Waals surface area contributed by atoms with Crippen LogP contribution in [0.3, 0.4) is 0 Å². The Hall–Kier alpha value is -1.61. The molecule has 15 unspecified atom stereocenters. The summed E-state index contributed by atoms with van der Waals surface area (Å²) in [5.74, 6) is 1.60. The highest BCUT2D eigenvalue weighted by Crippen LogP contribution is 2.62. The summed E-state index contributed by atoms with van der Waals surface area (Å²) in [6.07, 6.45) is 12.2. The second-order valence-corrected chi connectivity index (χ2v) is 20.8. The molecule has 5 saturated heterocycles. The molecule has 5 heterocycles. The molecule has 15 atom stereocenters. The van der Waals surface area contributed by atoms with E-state index in [4.69, 9.17) is 19.9 Å². The normalized spacial score (nSPS) is 46.3. The van der Waals surface area contributed by atoms with E-state index in [-0.39, 0.29) is 78.3 Å². The van der Waals surface area contributed by atoms with E-state index in [1.807, 2.05) is 41.5 Å². The fourth-order valence-electron chi connectivity index (χ4n) is 12.4. The average Bonchev–Trinajstić information content (AvgIpc) is 3.51. The van der Waals surface area contributed by atoms with Crippen LogP contribution in [0.4, 0.5) is 0 Å². The minimum Gasteiger partial charge on any atom is -0.462 e. The number of aliphatic hydroxyl groups is 1. The molecule has 1 spiro atoms. The summed E-state index contributed by atoms with van der Waals surface area (Å²) < 4.78 is 20.5. The monoisotopic (exact) mass is 788 g/mol. The Morgan fingerprint density at radius 1 is 1.17 bits per heavy atom. The SMILES string of the molecule is CC=C(C)C(=O)OC1(C)CC=C2CSSC3CCC([NH2+]C)C4CN(C(=O)CC5C[NH2+]C(N)CC5C2C12CC1CC5CC(CCCO)C(=O)OC5CC1O2)C34. The van der Waals surface area contributed by atoms with Gasteiger partial charge in [0.2, 0.25) is 5.91 Å². The van der Waals surface area contributed by atoms with Gasteiger partial charge in [0.25, 0.3) is 0 Å². The zero-order valence-electron chi connectivity index (χ0n) is 32.7. The van der Waals surface area contributed by atoms with Crippen molar-refractivity contribution in [3.05, 3.63) is 23.3 Å². The van der Waals surface area contributed by atoms with Crippen molar-refractivity contribution in [3.8, 4) is 0 Å². The first-order valence-electron chi connectivity index (χ1n) is 21.0. The molecular weight excluding hydrogens is 725 g/mol. The minimum atomic E-state index is -0.953. The molecule has 0 aromatic carbocycles. The number of quaternary nitrogens is 2. The van der Waals surface area contributed by atoms with Crippen molar-refractivity contribution in [2.45, 2.75) is 138 Å². The average molecular weight is 789 g/mol. The lowest BCUT2D eigenvalue weighted by Gasteiger charge is -2.58. The van der Waals surface area contributed by atoms with Crippen LogP contribution < -0.4 is 16.4 Å². The predicted octanol–water partition coefficient (Wildman–Crippen LogP) is 2.28. The van der Waals surface area contributed by atoms with Crippen LogP contribution in [-0.2, 0) is 28.6 Å². The number of aliphatic hydroxyl groups excluding tert-OH is 1. The number of carbonyl (C=O) groups excluding carboxylic acids is 3. The third kappa shape index (κ3) is 6.81. The number of hydrogen-bond acceptors (Lipinski definition) is 10. The fraction of sp³-hybridized carbons (Fsp3) is 0.829. The number of piperidine rings is 1. The molecule has 54 heavy (non-hydrogen) atoms. The second kappa shape index (κ2) is 15.6. The fourth-order valence-corrected chi connectivity index (χ4v) is 15.5. The van der Waals surface area contributed by atoms with E-state index in [9.17, 15) is 19.5 Å². The van der Waals surface area contributed by atoms with Gasteiger partial charge < -0.3 is 34.9 Å². The van der Waals surface area contributed by atoms with Gasteiger partial charge in [0.05, 0.1) is 43.6 Å². The molecule has 8 rings (SSSR count). The lowest BCUT2D eigenvalue weighted by Crippen LogP contribution is -2.96. The van der Waals surface area contributed by atoms with Gasteiger partial charge in [-0.15, -0.1) is 0 Å². The largest absolute Gasteiger partial charge is 0.462 e. The van der Waals surface area contributed by atoms with Gasteiger partial charge in [-0.05, 0) is 77.0 Å². The van der Waals surface area contributed by atoms with Gasteiger partial charge >= 0.3 is 11.9 Å². The molecule has 0 aromatic heterocycles. The first-order chi connectivity index (χ1) is 26.0. The van der Waals surface area contributed by atoms with Crippen molar-refractivity contribution in [3.63, 3.8) is 0 Å². The Morgan fingerprint density at radius 3 is 2.78 bits per heavy atom. The molecule has 0 radical (unpaired) electrons. The van der Waals surface area contributed by atoms with Gasteiger partial charge in [0.1, 0.15) is 23.5 Å². The number of ether oxygens (including phenoxy) is 3. The van der Waals surface area contributed by atoms with Gasteiger partial charge in [0, 0.05) is 73.7 Å². The summed E-state index contributed by atoms with van der Waals surface area (Å²) in [6, 6.07) is 0.890. The number of allylic oxidation sites excluding steroid dienone is 1. The molecule has 8 aliphatic rings. The summed E-state index contributed by atoms with van der Waals surface area (Å²) in [5, 5.41) is 14.5. The highest BCUT2D eigenvalue weighted by Gasteiger charge is 2.68. The zero-order valence-corrected chi connectivity index (χ0v) is 34.3. The third-order valence-electron chi connectivity index (χ3n) is 15.4. The van der Waals surface area contributed by atoms with E-state index in [0.29, 0.717) is 60.9 Å². The maximum absolute atomic E-state index is 14.5. The molecule has 11 nitrogen and oxygen atoms in total. The molecule has 1 amide bonds. The van der Waals surface area contributed by atoms with Crippen molar-refractivity contribution in [1.82, 2.24) is 4.90 Å². The third-order valence-corrected chi connectivity index (χ3v) is 18.3. The molecule has 3 aliphatic carbocycles. The summed E-state index contributed by atoms with van der Waals surface area (Å²) in [7, 11) is 6.11. The molecule has 7 fully saturated rings. The zero-order chi connectivity index (χ0) is 37.9. The van der Waals surface area contributed by atoms with Crippen LogP contribution in [0.5, 0.6) is 0 Å². The Labute approximate surface area is 328 Å². The number of esters is 2. The molecule has 0 bridgehead atoms. The van der Waals surface area contributed by atoms with Crippen LogP contribution in [0.2, 0.25) is 0 Å². The van der Waals surface area contributed by atoms with Crippen molar-refractivity contribution in [2.24, 2.45) is 47.2 Å². The van der Waals surface area contributed by atoms with Crippen molar-refractivity contribution in [1.29, 1.82) is 0 Å². The van der Waals surface area contributed by atoms with E-state index >= 15 is 0 Å². The maximum atomic E-state index is 14.5. The summed E-state index contributed by atoms with van der Waals surface area (Å²) in [6.45, 7) is 7.49. The number of amides is 1. The number of rotatable bonds is 6. The van der Waals surface area contributed by atoms with E-state index in [2.05, 4.69) is 35.6 Å². The Bertz CT molecular complexity index is 1530. The summed E-state index contributed by atoms with van der Waals surface area (Å²) in [5.41, 5.74) is 6.98. The standard InChI is InChI=1S/C41H62N4O7S2/c1-5-22(2)38(48)52-40(3)11-10-24-21-53-54-33-9-8-30(43-4)29-20-45(37(29)33)35(47)15-27-19-44-34(42)16-28(27)36(24)41(40)18-26-14-25-13-23(7-6-12-46)39(49)50-31(25)17-32(26)51-41/h5,10,23,25-34,36-37,43-44,46H,6-9,11-21,42H2,1-4H3/p+2. The van der Waals surface area contributed by atoms with E-state index < -0.39 is 11.2 Å². The molecule has 5 aliphatic heterocycles. The number of nitrogens with two attached hydrogens (primary N) is 3. The number of hydrogen-bond donors (Lipinski definition) is 4. The molecule has 7 N–H and O–H groups in total. The molecule has 300 valence electrons. The number of carbonyl (C=O) groups is 3. The van der Waals surface area contributed by atoms with E-state index in [1.165, 1.54) is 12.0 Å². The van der Waals surface area contributed by atoms with Crippen molar-refractivity contribution >= 4 is 39.4 Å².